The number of ether oxygens (including phenoxy) is 1. The van der Waals surface area contributed by atoms with Gasteiger partial charge in [0, 0.05) is 29.2 Å². The molecule has 0 saturated carbocycles. The monoisotopic (exact) mass is 508 g/mol. The highest BCUT2D eigenvalue weighted by molar-refractivity contribution is 7.90. The van der Waals surface area contributed by atoms with E-state index in [0.29, 0.717) is 29.5 Å². The van der Waals surface area contributed by atoms with E-state index >= 15 is 0 Å². The number of anilines is 2. The molecule has 12 heteroatoms. The number of urea groups is 1. The number of morpholine rings is 1. The van der Waals surface area contributed by atoms with Crippen LogP contribution in [0.15, 0.2) is 48.5 Å². The second-order valence-electron chi connectivity index (χ2n) is 7.88. The Hall–Kier alpha value is -3.15. The van der Waals surface area contributed by atoms with Crippen LogP contribution in [0.4, 0.5) is 16.2 Å². The Kier molecular flexibility index (Phi) is 7.80. The molecule has 0 spiro atoms. The summed E-state index contributed by atoms with van der Waals surface area (Å²) in [5, 5.41) is 5.63. The molecule has 1 atom stereocenters. The fourth-order valence-corrected chi connectivity index (χ4v) is 4.35. The molecule has 1 saturated heterocycles. The van der Waals surface area contributed by atoms with Crippen molar-refractivity contribution < 1.29 is 27.5 Å². The maximum Gasteiger partial charge on any atom is 0.320 e. The van der Waals surface area contributed by atoms with Gasteiger partial charge in [-0.15, -0.1) is 0 Å². The molecule has 2 aromatic rings. The van der Waals surface area contributed by atoms with Crippen LogP contribution in [0.1, 0.15) is 12.0 Å². The summed E-state index contributed by atoms with van der Waals surface area (Å²) in [5.41, 5.74) is 5.15. The summed E-state index contributed by atoms with van der Waals surface area (Å²) >= 11 is 5.86. The van der Waals surface area contributed by atoms with Gasteiger partial charge in [-0.2, -0.15) is 0 Å². The zero-order chi connectivity index (χ0) is 24.9. The quantitative estimate of drug-likeness (QED) is 0.493. The summed E-state index contributed by atoms with van der Waals surface area (Å²) in [6.45, 7) is 0.724. The van der Waals surface area contributed by atoms with Gasteiger partial charge in [0.15, 0.2) is 0 Å². The van der Waals surface area contributed by atoms with Crippen molar-refractivity contribution in [3.05, 3.63) is 59.1 Å². The van der Waals surface area contributed by atoms with E-state index in [1.807, 2.05) is 0 Å². The molecule has 0 unspecified atom stereocenters. The molecule has 0 radical (unpaired) electrons. The van der Waals surface area contributed by atoms with Gasteiger partial charge in [-0.05, 0) is 48.4 Å². The molecular weight excluding hydrogens is 484 g/mol. The lowest BCUT2D eigenvalue weighted by Crippen LogP contribution is -2.56. The number of hydrogen-bond donors (Lipinski definition) is 3. The summed E-state index contributed by atoms with van der Waals surface area (Å²) < 4.78 is 28.9. The molecular formula is C22H25ClN4O6S. The van der Waals surface area contributed by atoms with Crippen LogP contribution in [0, 0.1) is 0 Å². The van der Waals surface area contributed by atoms with Crippen LogP contribution in [0.5, 0.6) is 0 Å². The fraction of sp³-hybridized carbons (Fsp3) is 0.318. The van der Waals surface area contributed by atoms with Crippen molar-refractivity contribution in [1.82, 2.24) is 5.32 Å². The molecule has 0 aliphatic carbocycles. The molecule has 1 aliphatic heterocycles. The van der Waals surface area contributed by atoms with E-state index in [4.69, 9.17) is 22.1 Å². The van der Waals surface area contributed by atoms with Gasteiger partial charge in [0.2, 0.25) is 5.91 Å². The van der Waals surface area contributed by atoms with Crippen molar-refractivity contribution in [2.75, 3.05) is 42.0 Å². The highest BCUT2D eigenvalue weighted by Gasteiger charge is 2.41. The lowest BCUT2D eigenvalue weighted by atomic mass is 9.86. The normalized spacial score (nSPS) is 15.9. The number of nitrogens with zero attached hydrogens (tertiary/aromatic N) is 1. The molecule has 0 aromatic heterocycles. The first-order valence-electron chi connectivity index (χ1n) is 10.3. The van der Waals surface area contributed by atoms with Crippen molar-refractivity contribution in [1.29, 1.82) is 0 Å². The topological polar surface area (TPSA) is 148 Å². The van der Waals surface area contributed by atoms with Crippen molar-refractivity contribution >= 4 is 50.7 Å². The Bertz CT molecular complexity index is 1170. The Labute approximate surface area is 202 Å². The third kappa shape index (κ3) is 6.25. The Morgan fingerprint density at radius 1 is 1.15 bits per heavy atom. The number of halogens is 1. The number of primary amides is 1. The minimum atomic E-state index is -3.49. The number of benzene rings is 2. The van der Waals surface area contributed by atoms with E-state index in [-0.39, 0.29) is 24.5 Å². The highest BCUT2D eigenvalue weighted by atomic mass is 35.5. The number of nitrogens with two attached hydrogens (primary N) is 1. The van der Waals surface area contributed by atoms with Crippen LogP contribution < -0.4 is 21.3 Å². The van der Waals surface area contributed by atoms with E-state index in [1.165, 1.54) is 17.0 Å². The standard InChI is InChI=1S/C22H25ClN4O6S/c1-34(31,32)13-10-22(20(24)29,26-21(30)25-17-6-4-16(23)5-7-17)15-2-8-18(9-3-15)27-11-12-33-14-19(27)28/h2-9H,10-14H2,1H3,(H2,24,29)(H2,25,26,30)/t22-/m1/s1. The minimum Gasteiger partial charge on any atom is -0.370 e. The Balaban J connectivity index is 1.92. The lowest BCUT2D eigenvalue weighted by Gasteiger charge is -2.33. The number of amides is 4. The molecule has 1 heterocycles. The second-order valence-corrected chi connectivity index (χ2v) is 10.6. The van der Waals surface area contributed by atoms with E-state index in [2.05, 4.69) is 10.6 Å². The summed E-state index contributed by atoms with van der Waals surface area (Å²) in [6, 6.07) is 11.8. The number of nitrogens with one attached hydrogen (secondary N) is 2. The van der Waals surface area contributed by atoms with E-state index in [1.54, 1.807) is 36.4 Å². The van der Waals surface area contributed by atoms with Gasteiger partial charge in [0.05, 0.1) is 12.4 Å². The maximum atomic E-state index is 12.8. The first kappa shape index (κ1) is 25.5. The molecule has 4 N–H and O–H groups in total. The van der Waals surface area contributed by atoms with Crippen LogP contribution >= 0.6 is 11.6 Å². The van der Waals surface area contributed by atoms with Gasteiger partial charge in [0.25, 0.3) is 5.91 Å². The zero-order valence-electron chi connectivity index (χ0n) is 18.4. The number of hydrogen-bond acceptors (Lipinski definition) is 6. The third-order valence-electron chi connectivity index (χ3n) is 5.36. The van der Waals surface area contributed by atoms with Crippen LogP contribution in [0.25, 0.3) is 0 Å². The summed E-state index contributed by atoms with van der Waals surface area (Å²) in [5.74, 6) is -1.55. The lowest BCUT2D eigenvalue weighted by molar-refractivity contribution is -0.126. The van der Waals surface area contributed by atoms with Crippen molar-refractivity contribution in [2.24, 2.45) is 5.73 Å². The molecule has 4 amide bonds. The Morgan fingerprint density at radius 2 is 1.79 bits per heavy atom. The number of carbonyl (C=O) groups is 3. The molecule has 2 aromatic carbocycles. The van der Waals surface area contributed by atoms with Crippen LogP contribution in [0.2, 0.25) is 5.02 Å². The average molecular weight is 509 g/mol. The third-order valence-corrected chi connectivity index (χ3v) is 6.55. The molecule has 34 heavy (non-hydrogen) atoms. The fourth-order valence-electron chi connectivity index (χ4n) is 3.55. The number of sulfone groups is 1. The van der Waals surface area contributed by atoms with Crippen LogP contribution in [-0.2, 0) is 29.7 Å². The van der Waals surface area contributed by atoms with E-state index in [9.17, 15) is 22.8 Å². The van der Waals surface area contributed by atoms with E-state index in [0.717, 1.165) is 6.26 Å². The van der Waals surface area contributed by atoms with Crippen LogP contribution in [-0.4, -0.2) is 58.0 Å². The highest BCUT2D eigenvalue weighted by Crippen LogP contribution is 2.29. The second kappa shape index (κ2) is 10.4. The first-order chi connectivity index (χ1) is 16.0. The summed E-state index contributed by atoms with van der Waals surface area (Å²) in [7, 11) is -3.49. The summed E-state index contributed by atoms with van der Waals surface area (Å²) in [6.07, 6.45) is 0.741. The average Bonchev–Trinajstić information content (AvgIpc) is 2.78. The molecule has 182 valence electrons. The predicted molar refractivity (Wildman–Crippen MR) is 128 cm³/mol. The molecule has 0 bridgehead atoms. The van der Waals surface area contributed by atoms with Gasteiger partial charge in [-0.1, -0.05) is 23.7 Å². The predicted octanol–water partition coefficient (Wildman–Crippen LogP) is 1.64. The van der Waals surface area contributed by atoms with Crippen molar-refractivity contribution in [3.8, 4) is 0 Å². The minimum absolute atomic E-state index is 0.0340. The molecule has 1 aliphatic rings. The van der Waals surface area contributed by atoms with E-state index < -0.39 is 33.1 Å². The Morgan fingerprint density at radius 3 is 2.35 bits per heavy atom. The van der Waals surface area contributed by atoms with Gasteiger partial charge in [-0.3, -0.25) is 9.59 Å². The summed E-state index contributed by atoms with van der Waals surface area (Å²) in [4.78, 5) is 39.2. The van der Waals surface area contributed by atoms with Gasteiger partial charge >= 0.3 is 6.03 Å². The molecule has 10 nitrogen and oxygen atoms in total. The van der Waals surface area contributed by atoms with Crippen LogP contribution in [0.3, 0.4) is 0 Å². The van der Waals surface area contributed by atoms with Gasteiger partial charge < -0.3 is 26.0 Å². The SMILES string of the molecule is CS(=O)(=O)CC[C@](NC(=O)Nc1ccc(Cl)cc1)(C(N)=O)c1ccc(N2CCOCC2=O)cc1. The largest absolute Gasteiger partial charge is 0.370 e. The van der Waals surface area contributed by atoms with Gasteiger partial charge in [-0.25, -0.2) is 13.2 Å². The molecule has 1 fully saturated rings. The molecule has 3 rings (SSSR count). The number of carbonyl (C=O) groups excluding carboxylic acids is 3. The first-order valence-corrected chi connectivity index (χ1v) is 12.7. The zero-order valence-corrected chi connectivity index (χ0v) is 20.0. The number of rotatable bonds is 8. The smallest absolute Gasteiger partial charge is 0.320 e. The van der Waals surface area contributed by atoms with Crippen molar-refractivity contribution in [2.45, 2.75) is 12.0 Å². The maximum absolute atomic E-state index is 12.8. The van der Waals surface area contributed by atoms with Crippen molar-refractivity contribution in [3.63, 3.8) is 0 Å². The van der Waals surface area contributed by atoms with Gasteiger partial charge in [0.1, 0.15) is 22.0 Å².